The van der Waals surface area contributed by atoms with Gasteiger partial charge in [-0.15, -0.1) is 0 Å². The Labute approximate surface area is 98.3 Å². The fourth-order valence-corrected chi connectivity index (χ4v) is 1.32. The van der Waals surface area contributed by atoms with Gasteiger partial charge in [-0.2, -0.15) is 8.78 Å². The molecule has 0 saturated heterocycles. The highest BCUT2D eigenvalue weighted by atomic mass is 19.3. The second-order valence-electron chi connectivity index (χ2n) is 3.86. The summed E-state index contributed by atoms with van der Waals surface area (Å²) in [5.74, 6) is -0.193. The van der Waals surface area contributed by atoms with Crippen LogP contribution < -0.4 is 9.47 Å². The van der Waals surface area contributed by atoms with Crippen molar-refractivity contribution >= 4 is 5.97 Å². The maximum absolute atomic E-state index is 12.1. The third-order valence-electron chi connectivity index (χ3n) is 2.06. The SMILES string of the molecule is CC(=O)Oc1cc(OC(F)F)cc(C(C)C)c1. The second-order valence-corrected chi connectivity index (χ2v) is 3.86. The minimum atomic E-state index is -2.90. The molecule has 17 heavy (non-hydrogen) atoms. The highest BCUT2D eigenvalue weighted by molar-refractivity contribution is 5.69. The number of benzene rings is 1. The number of halogens is 2. The zero-order chi connectivity index (χ0) is 13.0. The van der Waals surface area contributed by atoms with Crippen LogP contribution in [0.3, 0.4) is 0 Å². The molecule has 0 unspecified atom stereocenters. The summed E-state index contributed by atoms with van der Waals surface area (Å²) in [5, 5.41) is 0. The van der Waals surface area contributed by atoms with Crippen LogP contribution in [0.15, 0.2) is 18.2 Å². The lowest BCUT2D eigenvalue weighted by Crippen LogP contribution is -2.05. The van der Waals surface area contributed by atoms with E-state index in [1.165, 1.54) is 19.1 Å². The average Bonchev–Trinajstić information content (AvgIpc) is 2.14. The van der Waals surface area contributed by atoms with Crippen LogP contribution in [0.4, 0.5) is 8.78 Å². The Morgan fingerprint density at radius 3 is 2.24 bits per heavy atom. The number of carbonyl (C=O) groups excluding carboxylic acids is 1. The first-order valence-electron chi connectivity index (χ1n) is 5.16. The molecule has 0 aliphatic carbocycles. The van der Waals surface area contributed by atoms with Crippen molar-refractivity contribution in [3.8, 4) is 11.5 Å². The molecular weight excluding hydrogens is 230 g/mol. The van der Waals surface area contributed by atoms with E-state index in [0.29, 0.717) is 0 Å². The Morgan fingerprint density at radius 1 is 1.18 bits per heavy atom. The quantitative estimate of drug-likeness (QED) is 0.602. The lowest BCUT2D eigenvalue weighted by molar-refractivity contribution is -0.131. The first kappa shape index (κ1) is 13.4. The van der Waals surface area contributed by atoms with Gasteiger partial charge in [-0.25, -0.2) is 0 Å². The minimum absolute atomic E-state index is 0.0116. The topological polar surface area (TPSA) is 35.5 Å². The molecular formula is C12H14F2O3. The van der Waals surface area contributed by atoms with Crippen LogP contribution in [0.2, 0.25) is 0 Å². The fourth-order valence-electron chi connectivity index (χ4n) is 1.32. The summed E-state index contributed by atoms with van der Waals surface area (Å²) in [5.41, 5.74) is 0.763. The lowest BCUT2D eigenvalue weighted by Gasteiger charge is -2.12. The van der Waals surface area contributed by atoms with Gasteiger partial charge in [0.2, 0.25) is 0 Å². The molecule has 5 heteroatoms. The van der Waals surface area contributed by atoms with Crippen LogP contribution in [-0.4, -0.2) is 12.6 Å². The van der Waals surface area contributed by atoms with Gasteiger partial charge in [-0.05, 0) is 23.6 Å². The van der Waals surface area contributed by atoms with Gasteiger partial charge in [0, 0.05) is 13.0 Å². The van der Waals surface area contributed by atoms with E-state index in [4.69, 9.17) is 4.74 Å². The third-order valence-corrected chi connectivity index (χ3v) is 2.06. The van der Waals surface area contributed by atoms with E-state index in [0.717, 1.165) is 5.56 Å². The number of hydrogen-bond acceptors (Lipinski definition) is 3. The van der Waals surface area contributed by atoms with Crippen LogP contribution >= 0.6 is 0 Å². The number of rotatable bonds is 4. The predicted molar refractivity (Wildman–Crippen MR) is 58.5 cm³/mol. The molecule has 0 radical (unpaired) electrons. The molecule has 0 aliphatic heterocycles. The van der Waals surface area contributed by atoms with Gasteiger partial charge < -0.3 is 9.47 Å². The molecule has 0 bridgehead atoms. The highest BCUT2D eigenvalue weighted by Crippen LogP contribution is 2.28. The van der Waals surface area contributed by atoms with Crippen molar-refractivity contribution in [3.05, 3.63) is 23.8 Å². The molecule has 0 aliphatic rings. The van der Waals surface area contributed by atoms with Crippen molar-refractivity contribution in [1.82, 2.24) is 0 Å². The molecule has 0 atom stereocenters. The average molecular weight is 244 g/mol. The van der Waals surface area contributed by atoms with Gasteiger partial charge in [-0.1, -0.05) is 13.8 Å². The lowest BCUT2D eigenvalue weighted by atomic mass is 10.0. The van der Waals surface area contributed by atoms with E-state index in [1.807, 2.05) is 13.8 Å². The maximum Gasteiger partial charge on any atom is 0.387 e. The molecule has 0 amide bonds. The van der Waals surface area contributed by atoms with Gasteiger partial charge >= 0.3 is 12.6 Å². The van der Waals surface area contributed by atoms with Crippen LogP contribution in [0, 0.1) is 0 Å². The van der Waals surface area contributed by atoms with Crippen molar-refractivity contribution in [2.75, 3.05) is 0 Å². The fraction of sp³-hybridized carbons (Fsp3) is 0.417. The number of alkyl halides is 2. The summed E-state index contributed by atoms with van der Waals surface area (Å²) in [4.78, 5) is 10.8. The molecule has 94 valence electrons. The second kappa shape index (κ2) is 5.61. The first-order chi connectivity index (χ1) is 7.88. The van der Waals surface area contributed by atoms with Crippen LogP contribution in [0.25, 0.3) is 0 Å². The summed E-state index contributed by atoms with van der Waals surface area (Å²) in [6, 6.07) is 4.40. The van der Waals surface area contributed by atoms with E-state index in [1.54, 1.807) is 6.07 Å². The molecule has 1 aromatic carbocycles. The monoisotopic (exact) mass is 244 g/mol. The number of esters is 1. The van der Waals surface area contributed by atoms with E-state index < -0.39 is 12.6 Å². The molecule has 0 fully saturated rings. The van der Waals surface area contributed by atoms with E-state index >= 15 is 0 Å². The van der Waals surface area contributed by atoms with Crippen LogP contribution in [0.5, 0.6) is 11.5 Å². The number of hydrogen-bond donors (Lipinski definition) is 0. The summed E-state index contributed by atoms with van der Waals surface area (Å²) in [6.45, 7) is 2.15. The molecule has 3 nitrogen and oxygen atoms in total. The molecule has 1 aromatic rings. The smallest absolute Gasteiger partial charge is 0.387 e. The summed E-state index contributed by atoms with van der Waals surface area (Å²) < 4.78 is 33.4. The number of ether oxygens (including phenoxy) is 2. The Hall–Kier alpha value is -1.65. The highest BCUT2D eigenvalue weighted by Gasteiger charge is 2.11. The largest absolute Gasteiger partial charge is 0.435 e. The van der Waals surface area contributed by atoms with Crippen LogP contribution in [-0.2, 0) is 4.79 Å². The first-order valence-corrected chi connectivity index (χ1v) is 5.16. The van der Waals surface area contributed by atoms with Gasteiger partial charge in [-0.3, -0.25) is 4.79 Å². The van der Waals surface area contributed by atoms with Gasteiger partial charge in [0.1, 0.15) is 11.5 Å². The summed E-state index contributed by atoms with van der Waals surface area (Å²) in [6.07, 6.45) is 0. The van der Waals surface area contributed by atoms with Crippen molar-refractivity contribution in [2.45, 2.75) is 33.3 Å². The minimum Gasteiger partial charge on any atom is -0.435 e. The molecule has 0 saturated carbocycles. The van der Waals surface area contributed by atoms with Crippen molar-refractivity contribution in [3.63, 3.8) is 0 Å². The number of carbonyl (C=O) groups is 1. The van der Waals surface area contributed by atoms with E-state index in [2.05, 4.69) is 4.74 Å². The maximum atomic E-state index is 12.1. The van der Waals surface area contributed by atoms with Crippen molar-refractivity contribution in [2.24, 2.45) is 0 Å². The van der Waals surface area contributed by atoms with Crippen molar-refractivity contribution in [1.29, 1.82) is 0 Å². The summed E-state index contributed by atoms with van der Waals surface area (Å²) in [7, 11) is 0. The standard InChI is InChI=1S/C12H14F2O3/c1-7(2)9-4-10(16-8(3)15)6-11(5-9)17-12(13)14/h4-7,12H,1-3H3. The molecule has 0 aromatic heterocycles. The van der Waals surface area contributed by atoms with Gasteiger partial charge in [0.15, 0.2) is 0 Å². The Bertz CT molecular complexity index is 403. The molecule has 0 heterocycles. The molecule has 0 spiro atoms. The van der Waals surface area contributed by atoms with Crippen molar-refractivity contribution < 1.29 is 23.0 Å². The zero-order valence-corrected chi connectivity index (χ0v) is 9.87. The Morgan fingerprint density at radius 2 is 1.76 bits per heavy atom. The summed E-state index contributed by atoms with van der Waals surface area (Å²) >= 11 is 0. The Balaban J connectivity index is 3.04. The van der Waals surface area contributed by atoms with E-state index in [9.17, 15) is 13.6 Å². The van der Waals surface area contributed by atoms with Crippen LogP contribution in [0.1, 0.15) is 32.3 Å². The molecule has 0 N–H and O–H groups in total. The van der Waals surface area contributed by atoms with Gasteiger partial charge in [0.25, 0.3) is 0 Å². The third kappa shape index (κ3) is 4.38. The predicted octanol–water partition coefficient (Wildman–Crippen LogP) is 3.34. The van der Waals surface area contributed by atoms with Gasteiger partial charge in [0.05, 0.1) is 0 Å². The Kier molecular flexibility index (Phi) is 4.43. The van der Waals surface area contributed by atoms with E-state index in [-0.39, 0.29) is 17.4 Å². The molecule has 1 rings (SSSR count). The normalized spacial score (nSPS) is 10.8. The zero-order valence-electron chi connectivity index (χ0n) is 9.87.